The summed E-state index contributed by atoms with van der Waals surface area (Å²) in [6.45, 7) is 5.35. The topological polar surface area (TPSA) is 160 Å². The lowest BCUT2D eigenvalue weighted by Crippen LogP contribution is -2.56. The molecule has 0 fully saturated rings. The Bertz CT molecular complexity index is 2000. The second-order valence-electron chi connectivity index (χ2n) is 13.8. The molecule has 3 aliphatic rings. The van der Waals surface area contributed by atoms with E-state index in [2.05, 4.69) is 6.08 Å². The van der Waals surface area contributed by atoms with Gasteiger partial charge < -0.3 is 45.2 Å². The van der Waals surface area contributed by atoms with Crippen LogP contribution in [0.5, 0.6) is 46.0 Å². The Morgan fingerprint density at radius 3 is 2.29 bits per heavy atom. The van der Waals surface area contributed by atoms with Gasteiger partial charge in [0.2, 0.25) is 0 Å². The second kappa shape index (κ2) is 11.2. The molecule has 7 rings (SSSR count). The van der Waals surface area contributed by atoms with Crippen molar-refractivity contribution in [1.29, 1.82) is 0 Å². The maximum Gasteiger partial charge on any atom is 0.285 e. The Labute approximate surface area is 277 Å². The van der Waals surface area contributed by atoms with Crippen LogP contribution in [-0.4, -0.2) is 41.3 Å². The van der Waals surface area contributed by atoms with Crippen LogP contribution in [0.4, 0.5) is 0 Å². The van der Waals surface area contributed by atoms with Crippen LogP contribution in [0.25, 0.3) is 12.2 Å². The Kier molecular flexibility index (Phi) is 7.29. The van der Waals surface area contributed by atoms with Gasteiger partial charge in [0.15, 0.2) is 0 Å². The number of phenolic OH excluding ortho intramolecular Hbond substituents is 6. The van der Waals surface area contributed by atoms with Crippen LogP contribution in [0.3, 0.4) is 0 Å². The van der Waals surface area contributed by atoms with Gasteiger partial charge in [0.1, 0.15) is 46.0 Å². The molecule has 48 heavy (non-hydrogen) atoms. The largest absolute Gasteiger partial charge is 0.508 e. The summed E-state index contributed by atoms with van der Waals surface area (Å²) < 4.78 is 13.7. The predicted molar refractivity (Wildman–Crippen MR) is 180 cm³/mol. The Hall–Kier alpha value is -5.28. The molecular formula is C39H38O9. The quantitative estimate of drug-likeness (QED) is 0.0841. The van der Waals surface area contributed by atoms with Crippen molar-refractivity contribution in [3.63, 3.8) is 0 Å². The van der Waals surface area contributed by atoms with Crippen LogP contribution in [0.1, 0.15) is 78.8 Å². The first-order valence-electron chi connectivity index (χ1n) is 16.0. The van der Waals surface area contributed by atoms with E-state index in [9.17, 15) is 35.7 Å². The number of aliphatic hydroxyl groups is 1. The van der Waals surface area contributed by atoms with Crippen LogP contribution in [0.2, 0.25) is 0 Å². The van der Waals surface area contributed by atoms with Crippen LogP contribution >= 0.6 is 0 Å². The standard InChI is InChI=1S/C39H38O9/c1-20-14-27-25-9-8-24(41)19-33(25)47-39(29-10-11-30(42)26(37(29)45)12-13-38(2,3)46)36(27)28(15-20)35-32(44)16-21(17-34(35)48-39)4-5-22-6-7-23(40)18-31(22)43/h4-11,15-19,27-28,36,40-46H,12-14H2,1-3H3/b5-4+/t27-,28+,36-,39+/m1/s1. The highest BCUT2D eigenvalue weighted by atomic mass is 16.7. The molecule has 4 aromatic rings. The SMILES string of the molecule is CC1=C[C@H]2c3c(O)cc(/C=C/c4ccc(O)cc4O)cc3O[C@]3(c4ccc(O)c(CCC(C)(C)O)c4O)Oc4cc(O)ccc4[C@@H](C1)[C@H]23. The Balaban J connectivity index is 1.43. The van der Waals surface area contributed by atoms with E-state index in [-0.39, 0.29) is 64.4 Å². The van der Waals surface area contributed by atoms with Crippen molar-refractivity contribution in [3.8, 4) is 46.0 Å². The first kappa shape index (κ1) is 31.3. The van der Waals surface area contributed by atoms with Gasteiger partial charge >= 0.3 is 0 Å². The number of allylic oxidation sites excluding steroid dienone is 2. The third kappa shape index (κ3) is 5.24. The molecule has 248 valence electrons. The third-order valence-corrected chi connectivity index (χ3v) is 9.75. The zero-order valence-electron chi connectivity index (χ0n) is 26.8. The fourth-order valence-corrected chi connectivity index (χ4v) is 7.55. The van der Waals surface area contributed by atoms with E-state index in [4.69, 9.17) is 9.47 Å². The molecule has 0 saturated carbocycles. The summed E-state index contributed by atoms with van der Waals surface area (Å²) in [4.78, 5) is 0. The molecule has 0 unspecified atom stereocenters. The number of aromatic hydroxyl groups is 6. The summed E-state index contributed by atoms with van der Waals surface area (Å²) in [5.74, 6) is -2.58. The van der Waals surface area contributed by atoms with Gasteiger partial charge in [-0.1, -0.05) is 29.9 Å². The van der Waals surface area contributed by atoms with Crippen molar-refractivity contribution in [2.24, 2.45) is 5.92 Å². The number of ether oxygens (including phenoxy) is 2. The van der Waals surface area contributed by atoms with Gasteiger partial charge in [-0.05, 0) is 93.6 Å². The number of benzene rings is 4. The molecule has 4 atom stereocenters. The molecule has 0 aromatic heterocycles. The van der Waals surface area contributed by atoms with Crippen molar-refractivity contribution in [3.05, 3.63) is 106 Å². The highest BCUT2D eigenvalue weighted by Gasteiger charge is 2.62. The maximum atomic E-state index is 11.9. The molecular weight excluding hydrogens is 612 g/mol. The Morgan fingerprint density at radius 2 is 1.54 bits per heavy atom. The zero-order valence-corrected chi connectivity index (χ0v) is 26.8. The number of rotatable bonds is 6. The summed E-state index contributed by atoms with van der Waals surface area (Å²) in [5.41, 5.74) is 3.00. The fourth-order valence-electron chi connectivity index (χ4n) is 7.55. The number of hydrogen-bond donors (Lipinski definition) is 7. The summed E-state index contributed by atoms with van der Waals surface area (Å²) in [7, 11) is 0. The average molecular weight is 651 g/mol. The van der Waals surface area contributed by atoms with Crippen LogP contribution in [0.15, 0.2) is 72.3 Å². The highest BCUT2D eigenvalue weighted by molar-refractivity contribution is 5.75. The highest BCUT2D eigenvalue weighted by Crippen LogP contribution is 2.65. The van der Waals surface area contributed by atoms with E-state index < -0.39 is 23.2 Å². The molecule has 0 radical (unpaired) electrons. The number of phenols is 6. The molecule has 1 aliphatic carbocycles. The molecule has 7 N–H and O–H groups in total. The molecule has 2 aliphatic heterocycles. The van der Waals surface area contributed by atoms with Gasteiger partial charge in [-0.2, -0.15) is 0 Å². The molecule has 2 heterocycles. The van der Waals surface area contributed by atoms with E-state index in [0.29, 0.717) is 34.6 Å². The van der Waals surface area contributed by atoms with E-state index >= 15 is 0 Å². The van der Waals surface area contributed by atoms with Gasteiger partial charge in [-0.3, -0.25) is 0 Å². The van der Waals surface area contributed by atoms with Crippen LogP contribution < -0.4 is 9.47 Å². The van der Waals surface area contributed by atoms with Crippen molar-refractivity contribution >= 4 is 12.2 Å². The summed E-state index contributed by atoms with van der Waals surface area (Å²) in [6, 6.07) is 15.7. The number of hydrogen-bond acceptors (Lipinski definition) is 9. The zero-order chi connectivity index (χ0) is 34.1. The molecule has 9 heteroatoms. The van der Waals surface area contributed by atoms with Gasteiger partial charge in [-0.15, -0.1) is 0 Å². The summed E-state index contributed by atoms with van der Waals surface area (Å²) >= 11 is 0. The van der Waals surface area contributed by atoms with Gasteiger partial charge in [0.05, 0.1) is 17.1 Å². The summed E-state index contributed by atoms with van der Waals surface area (Å²) in [6.07, 6.45) is 6.53. The molecule has 0 bridgehead atoms. The first-order chi connectivity index (χ1) is 22.7. The lowest BCUT2D eigenvalue weighted by molar-refractivity contribution is -0.198. The first-order valence-corrected chi connectivity index (χ1v) is 16.0. The van der Waals surface area contributed by atoms with E-state index in [1.54, 1.807) is 56.3 Å². The predicted octanol–water partition coefficient (Wildman–Crippen LogP) is 7.27. The van der Waals surface area contributed by atoms with E-state index in [1.165, 1.54) is 24.3 Å². The minimum Gasteiger partial charge on any atom is -0.508 e. The van der Waals surface area contributed by atoms with E-state index in [0.717, 1.165) is 11.1 Å². The van der Waals surface area contributed by atoms with Crippen molar-refractivity contribution in [2.45, 2.75) is 63.3 Å². The second-order valence-corrected chi connectivity index (χ2v) is 13.8. The molecule has 0 amide bonds. The molecule has 9 nitrogen and oxygen atoms in total. The average Bonchev–Trinajstić information content (AvgIpc) is 2.99. The normalized spacial score (nSPS) is 22.6. The van der Waals surface area contributed by atoms with Gasteiger partial charge in [0.25, 0.3) is 5.79 Å². The third-order valence-electron chi connectivity index (χ3n) is 9.75. The monoisotopic (exact) mass is 650 g/mol. The molecule has 0 saturated heterocycles. The number of fused-ring (bicyclic) bond motifs is 4. The van der Waals surface area contributed by atoms with Gasteiger partial charge in [0, 0.05) is 40.7 Å². The van der Waals surface area contributed by atoms with E-state index in [1.807, 2.05) is 13.0 Å². The maximum absolute atomic E-state index is 11.9. The lowest BCUT2D eigenvalue weighted by Gasteiger charge is -2.55. The molecule has 0 spiro atoms. The van der Waals surface area contributed by atoms with Crippen molar-refractivity contribution < 1.29 is 45.2 Å². The van der Waals surface area contributed by atoms with Gasteiger partial charge in [-0.25, -0.2) is 0 Å². The van der Waals surface area contributed by atoms with Crippen LogP contribution in [-0.2, 0) is 12.2 Å². The fraction of sp³-hybridized carbons (Fsp3) is 0.282. The Morgan fingerprint density at radius 1 is 0.812 bits per heavy atom. The van der Waals surface area contributed by atoms with Crippen molar-refractivity contribution in [1.82, 2.24) is 0 Å². The minimum atomic E-state index is -1.66. The summed E-state index contributed by atoms with van der Waals surface area (Å²) in [5, 5.41) is 75.3. The minimum absolute atomic E-state index is 0.00142. The molecule has 4 aromatic carbocycles. The van der Waals surface area contributed by atoms with Crippen molar-refractivity contribution in [2.75, 3.05) is 0 Å². The smallest absolute Gasteiger partial charge is 0.285 e. The lowest BCUT2D eigenvalue weighted by atomic mass is 9.61. The van der Waals surface area contributed by atoms with Crippen LogP contribution in [0, 0.1) is 5.92 Å².